The summed E-state index contributed by atoms with van der Waals surface area (Å²) in [6.45, 7) is 0.562. The van der Waals surface area contributed by atoms with Crippen molar-refractivity contribution < 1.29 is 9.21 Å². The quantitative estimate of drug-likeness (QED) is 0.732. The van der Waals surface area contributed by atoms with Gasteiger partial charge < -0.3 is 9.32 Å². The van der Waals surface area contributed by atoms with Crippen LogP contribution in [0, 0.1) is 5.92 Å². The highest BCUT2D eigenvalue weighted by Crippen LogP contribution is 2.20. The third-order valence-electron chi connectivity index (χ3n) is 2.97. The first-order valence-corrected chi connectivity index (χ1v) is 5.69. The molecule has 0 radical (unpaired) electrons. The minimum absolute atomic E-state index is 0.157. The Kier molecular flexibility index (Phi) is 3.44. The normalized spacial score (nSPS) is 19.7. The van der Waals surface area contributed by atoms with Gasteiger partial charge >= 0.3 is 0 Å². The van der Waals surface area contributed by atoms with Crippen molar-refractivity contribution in [3.05, 3.63) is 36.3 Å². The smallest absolute Gasteiger partial charge is 0.226 e. The molecule has 0 N–H and O–H groups in total. The van der Waals surface area contributed by atoms with Crippen LogP contribution in [0.2, 0.25) is 0 Å². The molecule has 0 aliphatic heterocycles. The van der Waals surface area contributed by atoms with Crippen LogP contribution in [0.1, 0.15) is 25.0 Å². The van der Waals surface area contributed by atoms with Crippen LogP contribution in [0.4, 0.5) is 0 Å². The molecule has 1 aromatic heterocycles. The number of carbonyl (C=O) groups is 1. The zero-order valence-electron chi connectivity index (χ0n) is 9.56. The number of hydrogen-bond acceptors (Lipinski definition) is 2. The first kappa shape index (κ1) is 11.0. The molecule has 2 rings (SSSR count). The summed E-state index contributed by atoms with van der Waals surface area (Å²) in [4.78, 5) is 13.8. The summed E-state index contributed by atoms with van der Waals surface area (Å²) in [5.41, 5.74) is 0. The molecule has 1 unspecified atom stereocenters. The molecule has 3 nitrogen and oxygen atoms in total. The highest BCUT2D eigenvalue weighted by atomic mass is 16.3. The van der Waals surface area contributed by atoms with E-state index in [4.69, 9.17) is 4.42 Å². The predicted molar refractivity (Wildman–Crippen MR) is 61.7 cm³/mol. The van der Waals surface area contributed by atoms with Gasteiger partial charge in [0.25, 0.3) is 0 Å². The Hall–Kier alpha value is -1.51. The summed E-state index contributed by atoms with van der Waals surface area (Å²) >= 11 is 0. The first-order chi connectivity index (χ1) is 7.77. The van der Waals surface area contributed by atoms with Crippen molar-refractivity contribution in [2.24, 2.45) is 5.92 Å². The first-order valence-electron chi connectivity index (χ1n) is 5.69. The molecule has 0 saturated heterocycles. The minimum atomic E-state index is 0.157. The number of amides is 1. The highest BCUT2D eigenvalue weighted by Gasteiger charge is 2.22. The summed E-state index contributed by atoms with van der Waals surface area (Å²) in [7, 11) is 1.84. The monoisotopic (exact) mass is 219 g/mol. The fourth-order valence-corrected chi connectivity index (χ4v) is 2.04. The molecule has 0 bridgehead atoms. The van der Waals surface area contributed by atoms with E-state index in [2.05, 4.69) is 12.2 Å². The van der Waals surface area contributed by atoms with E-state index in [1.54, 1.807) is 11.2 Å². The molecule has 1 amide bonds. The van der Waals surface area contributed by atoms with Crippen molar-refractivity contribution in [3.63, 3.8) is 0 Å². The van der Waals surface area contributed by atoms with Crippen molar-refractivity contribution in [3.8, 4) is 0 Å². The topological polar surface area (TPSA) is 33.5 Å². The molecule has 0 spiro atoms. The SMILES string of the molecule is CN(Cc1ccco1)C(=O)C1CC=CCC1. The Bertz CT molecular complexity index is 367. The average molecular weight is 219 g/mol. The van der Waals surface area contributed by atoms with Gasteiger partial charge in [0.2, 0.25) is 5.91 Å². The Morgan fingerprint density at radius 1 is 1.56 bits per heavy atom. The van der Waals surface area contributed by atoms with Gasteiger partial charge in [-0.15, -0.1) is 0 Å². The maximum atomic E-state index is 12.1. The van der Waals surface area contributed by atoms with Gasteiger partial charge in [0.15, 0.2) is 0 Å². The summed E-state index contributed by atoms with van der Waals surface area (Å²) in [6, 6.07) is 3.74. The predicted octanol–water partition coefficient (Wildman–Crippen LogP) is 2.59. The molecule has 1 aromatic rings. The number of hydrogen-bond donors (Lipinski definition) is 0. The maximum Gasteiger partial charge on any atom is 0.226 e. The number of nitrogens with zero attached hydrogens (tertiary/aromatic N) is 1. The molecule has 86 valence electrons. The van der Waals surface area contributed by atoms with E-state index >= 15 is 0 Å². The summed E-state index contributed by atoms with van der Waals surface area (Å²) in [5, 5.41) is 0. The van der Waals surface area contributed by atoms with Gasteiger partial charge in [0.05, 0.1) is 12.8 Å². The molecule has 3 heteroatoms. The zero-order chi connectivity index (χ0) is 11.4. The van der Waals surface area contributed by atoms with Crippen molar-refractivity contribution in [1.29, 1.82) is 0 Å². The Morgan fingerprint density at radius 3 is 3.06 bits per heavy atom. The molecule has 0 aromatic carbocycles. The second-order valence-corrected chi connectivity index (χ2v) is 4.26. The molecule has 16 heavy (non-hydrogen) atoms. The van der Waals surface area contributed by atoms with Gasteiger partial charge in [0.1, 0.15) is 5.76 Å². The summed E-state index contributed by atoms with van der Waals surface area (Å²) in [5.74, 6) is 1.22. The van der Waals surface area contributed by atoms with Gasteiger partial charge in [-0.3, -0.25) is 4.79 Å². The van der Waals surface area contributed by atoms with Crippen LogP contribution in [0.15, 0.2) is 35.0 Å². The largest absolute Gasteiger partial charge is 0.467 e. The van der Waals surface area contributed by atoms with Crippen LogP contribution in [0.25, 0.3) is 0 Å². The second kappa shape index (κ2) is 5.01. The third kappa shape index (κ3) is 2.54. The van der Waals surface area contributed by atoms with E-state index in [0.717, 1.165) is 25.0 Å². The zero-order valence-corrected chi connectivity index (χ0v) is 9.56. The molecule has 1 aliphatic rings. The molecule has 1 heterocycles. The fraction of sp³-hybridized carbons (Fsp3) is 0.462. The van der Waals surface area contributed by atoms with Gasteiger partial charge in [0, 0.05) is 13.0 Å². The molecule has 1 aliphatic carbocycles. The minimum Gasteiger partial charge on any atom is -0.467 e. The molecular weight excluding hydrogens is 202 g/mol. The van der Waals surface area contributed by atoms with E-state index in [0.29, 0.717) is 6.54 Å². The van der Waals surface area contributed by atoms with Crippen LogP contribution in [-0.4, -0.2) is 17.9 Å². The Labute approximate surface area is 95.7 Å². The van der Waals surface area contributed by atoms with Gasteiger partial charge in [-0.05, 0) is 31.4 Å². The van der Waals surface area contributed by atoms with E-state index < -0.39 is 0 Å². The molecule has 1 atom stereocenters. The lowest BCUT2D eigenvalue weighted by Crippen LogP contribution is -2.32. The number of rotatable bonds is 3. The molecule has 0 fully saturated rings. The van der Waals surface area contributed by atoms with Crippen molar-refractivity contribution in [2.45, 2.75) is 25.8 Å². The highest BCUT2D eigenvalue weighted by molar-refractivity contribution is 5.78. The van der Waals surface area contributed by atoms with Crippen LogP contribution in [-0.2, 0) is 11.3 Å². The number of furan rings is 1. The van der Waals surface area contributed by atoms with E-state index in [9.17, 15) is 4.79 Å². The maximum absolute atomic E-state index is 12.1. The van der Waals surface area contributed by atoms with E-state index in [1.165, 1.54) is 0 Å². The second-order valence-electron chi connectivity index (χ2n) is 4.26. The number of allylic oxidation sites excluding steroid dienone is 2. The lowest BCUT2D eigenvalue weighted by Gasteiger charge is -2.23. The van der Waals surface area contributed by atoms with Crippen LogP contribution in [0.3, 0.4) is 0 Å². The van der Waals surface area contributed by atoms with Gasteiger partial charge in [-0.25, -0.2) is 0 Å². The Balaban J connectivity index is 1.91. The van der Waals surface area contributed by atoms with Gasteiger partial charge in [-0.2, -0.15) is 0 Å². The van der Waals surface area contributed by atoms with Gasteiger partial charge in [-0.1, -0.05) is 12.2 Å². The average Bonchev–Trinajstić information content (AvgIpc) is 2.82. The van der Waals surface area contributed by atoms with Crippen LogP contribution in [0.5, 0.6) is 0 Å². The molecule has 0 saturated carbocycles. The third-order valence-corrected chi connectivity index (χ3v) is 2.97. The van der Waals surface area contributed by atoms with Crippen molar-refractivity contribution in [1.82, 2.24) is 4.90 Å². The Morgan fingerprint density at radius 2 is 2.44 bits per heavy atom. The van der Waals surface area contributed by atoms with Crippen molar-refractivity contribution >= 4 is 5.91 Å². The summed E-state index contributed by atoms with van der Waals surface area (Å²) < 4.78 is 5.23. The lowest BCUT2D eigenvalue weighted by atomic mass is 9.93. The van der Waals surface area contributed by atoms with E-state index in [1.807, 2.05) is 19.2 Å². The summed E-state index contributed by atoms with van der Waals surface area (Å²) in [6.07, 6.45) is 8.75. The van der Waals surface area contributed by atoms with Crippen LogP contribution < -0.4 is 0 Å². The fourth-order valence-electron chi connectivity index (χ4n) is 2.04. The van der Waals surface area contributed by atoms with E-state index in [-0.39, 0.29) is 11.8 Å². The number of carbonyl (C=O) groups excluding carboxylic acids is 1. The van der Waals surface area contributed by atoms with Crippen LogP contribution >= 0.6 is 0 Å². The standard InChI is InChI=1S/C13H17NO2/c1-14(10-12-8-5-9-16-12)13(15)11-6-3-2-4-7-11/h2-3,5,8-9,11H,4,6-7,10H2,1H3. The van der Waals surface area contributed by atoms with Crippen molar-refractivity contribution in [2.75, 3.05) is 7.05 Å². The molecular formula is C13H17NO2. The lowest BCUT2D eigenvalue weighted by molar-refractivity contribution is -0.135.